The molecule has 0 aliphatic rings. The number of halogens is 1. The van der Waals surface area contributed by atoms with Gasteiger partial charge in [-0.25, -0.2) is 0 Å². The molecular weight excluding hydrogens is 276 g/mol. The molecule has 2 aromatic rings. The van der Waals surface area contributed by atoms with E-state index in [4.69, 9.17) is 16.3 Å². The third-order valence-electron chi connectivity index (χ3n) is 2.66. The Morgan fingerprint density at radius 3 is 2.55 bits per heavy atom. The summed E-state index contributed by atoms with van der Waals surface area (Å²) in [6, 6.07) is 14.6. The molecule has 4 nitrogen and oxygen atoms in total. The quantitative estimate of drug-likeness (QED) is 0.887. The number of benzene rings is 2. The van der Waals surface area contributed by atoms with Gasteiger partial charge in [0, 0.05) is 11.4 Å². The van der Waals surface area contributed by atoms with Crippen LogP contribution in [0.3, 0.4) is 0 Å². The Balaban J connectivity index is 1.89. The highest BCUT2D eigenvalue weighted by Crippen LogP contribution is 2.26. The van der Waals surface area contributed by atoms with Crippen LogP contribution in [0.5, 0.6) is 5.75 Å². The first-order valence-electron chi connectivity index (χ1n) is 6.11. The zero-order chi connectivity index (χ0) is 14.4. The number of para-hydroxylation sites is 1. The van der Waals surface area contributed by atoms with Crippen molar-refractivity contribution in [1.29, 1.82) is 0 Å². The zero-order valence-corrected chi connectivity index (χ0v) is 11.8. The van der Waals surface area contributed by atoms with Crippen molar-refractivity contribution in [3.8, 4) is 5.75 Å². The van der Waals surface area contributed by atoms with Crippen LogP contribution in [0.15, 0.2) is 48.5 Å². The molecule has 104 valence electrons. The molecule has 0 aliphatic carbocycles. The van der Waals surface area contributed by atoms with Crippen LogP contribution in [0.1, 0.15) is 0 Å². The van der Waals surface area contributed by atoms with Crippen LogP contribution in [0, 0.1) is 0 Å². The summed E-state index contributed by atoms with van der Waals surface area (Å²) in [5, 5.41) is 6.30. The maximum atomic E-state index is 11.8. The summed E-state index contributed by atoms with van der Waals surface area (Å²) in [4.78, 5) is 11.8. The van der Waals surface area contributed by atoms with Gasteiger partial charge in [0.15, 0.2) is 0 Å². The summed E-state index contributed by atoms with van der Waals surface area (Å²) in [7, 11) is 1.56. The van der Waals surface area contributed by atoms with Gasteiger partial charge in [0.05, 0.1) is 18.7 Å². The molecule has 5 heteroatoms. The molecule has 0 radical (unpaired) electrons. The number of hydrogen-bond donors (Lipinski definition) is 2. The van der Waals surface area contributed by atoms with Crippen LogP contribution in [0.4, 0.5) is 11.4 Å². The second-order valence-electron chi connectivity index (χ2n) is 4.12. The number of ether oxygens (including phenoxy) is 1. The lowest BCUT2D eigenvalue weighted by atomic mass is 10.3. The summed E-state index contributed by atoms with van der Waals surface area (Å²) >= 11 is 6.01. The van der Waals surface area contributed by atoms with Crippen LogP contribution < -0.4 is 15.4 Å². The molecule has 1 amide bonds. The highest BCUT2D eigenvalue weighted by atomic mass is 35.5. The predicted octanol–water partition coefficient (Wildman–Crippen LogP) is 3.40. The predicted molar refractivity (Wildman–Crippen MR) is 81.6 cm³/mol. The fourth-order valence-electron chi connectivity index (χ4n) is 1.69. The lowest BCUT2D eigenvalue weighted by molar-refractivity contribution is -0.114. The minimum Gasteiger partial charge on any atom is -0.495 e. The third kappa shape index (κ3) is 3.90. The van der Waals surface area contributed by atoms with Gasteiger partial charge in [0.1, 0.15) is 5.75 Å². The standard InChI is InChI=1S/C15H15ClN2O2/c1-20-14-8-7-12(9-13(14)16)17-10-15(19)18-11-5-3-2-4-6-11/h2-9,17H,10H2,1H3,(H,18,19). The lowest BCUT2D eigenvalue weighted by Gasteiger charge is -2.09. The molecule has 0 saturated carbocycles. The first kappa shape index (κ1) is 14.2. The van der Waals surface area contributed by atoms with Crippen molar-refractivity contribution in [2.75, 3.05) is 24.3 Å². The summed E-state index contributed by atoms with van der Waals surface area (Å²) in [6.07, 6.45) is 0. The van der Waals surface area contributed by atoms with Gasteiger partial charge in [0.25, 0.3) is 0 Å². The van der Waals surface area contributed by atoms with E-state index in [9.17, 15) is 4.79 Å². The van der Waals surface area contributed by atoms with Crippen molar-refractivity contribution in [2.24, 2.45) is 0 Å². The molecular formula is C15H15ClN2O2. The smallest absolute Gasteiger partial charge is 0.243 e. The van der Waals surface area contributed by atoms with Crippen molar-refractivity contribution in [1.82, 2.24) is 0 Å². The van der Waals surface area contributed by atoms with Gasteiger partial charge in [-0.2, -0.15) is 0 Å². The molecule has 2 N–H and O–H groups in total. The van der Waals surface area contributed by atoms with E-state index >= 15 is 0 Å². The Kier molecular flexibility index (Phi) is 4.85. The van der Waals surface area contributed by atoms with E-state index in [-0.39, 0.29) is 12.5 Å². The number of nitrogens with one attached hydrogen (secondary N) is 2. The molecule has 0 aliphatic heterocycles. The molecule has 0 heterocycles. The van der Waals surface area contributed by atoms with Gasteiger partial charge in [0.2, 0.25) is 5.91 Å². The number of methoxy groups -OCH3 is 1. The van der Waals surface area contributed by atoms with Crippen LogP contribution >= 0.6 is 11.6 Å². The monoisotopic (exact) mass is 290 g/mol. The van der Waals surface area contributed by atoms with Gasteiger partial charge >= 0.3 is 0 Å². The molecule has 0 atom stereocenters. The van der Waals surface area contributed by atoms with Crippen molar-refractivity contribution in [2.45, 2.75) is 0 Å². The molecule has 2 aromatic carbocycles. The normalized spacial score (nSPS) is 9.90. The zero-order valence-electron chi connectivity index (χ0n) is 11.0. The largest absolute Gasteiger partial charge is 0.495 e. The summed E-state index contributed by atoms with van der Waals surface area (Å²) < 4.78 is 5.07. The van der Waals surface area contributed by atoms with E-state index in [1.54, 1.807) is 25.3 Å². The Labute approximate surface area is 122 Å². The van der Waals surface area contributed by atoms with Crippen LogP contribution in [-0.4, -0.2) is 19.6 Å². The molecule has 0 saturated heterocycles. The Morgan fingerprint density at radius 1 is 1.15 bits per heavy atom. The number of rotatable bonds is 5. The van der Waals surface area contributed by atoms with Crippen molar-refractivity contribution >= 4 is 28.9 Å². The van der Waals surface area contributed by atoms with Crippen molar-refractivity contribution in [3.05, 3.63) is 53.6 Å². The number of carbonyl (C=O) groups excluding carboxylic acids is 1. The average molecular weight is 291 g/mol. The number of hydrogen-bond acceptors (Lipinski definition) is 3. The average Bonchev–Trinajstić information content (AvgIpc) is 2.46. The third-order valence-corrected chi connectivity index (χ3v) is 2.96. The topological polar surface area (TPSA) is 50.4 Å². The first-order chi connectivity index (χ1) is 9.69. The van der Waals surface area contributed by atoms with Crippen LogP contribution in [-0.2, 0) is 4.79 Å². The van der Waals surface area contributed by atoms with E-state index in [1.165, 1.54) is 0 Å². The molecule has 20 heavy (non-hydrogen) atoms. The number of anilines is 2. The van der Waals surface area contributed by atoms with Gasteiger partial charge in [-0.1, -0.05) is 29.8 Å². The fraction of sp³-hybridized carbons (Fsp3) is 0.133. The molecule has 0 fully saturated rings. The Hall–Kier alpha value is -2.20. The van der Waals surface area contributed by atoms with Gasteiger partial charge in [-0.05, 0) is 30.3 Å². The van der Waals surface area contributed by atoms with Gasteiger partial charge < -0.3 is 15.4 Å². The van der Waals surface area contributed by atoms with Crippen molar-refractivity contribution in [3.63, 3.8) is 0 Å². The second kappa shape index (κ2) is 6.82. The molecule has 0 aromatic heterocycles. The minimum atomic E-state index is -0.122. The molecule has 0 bridgehead atoms. The highest BCUT2D eigenvalue weighted by Gasteiger charge is 2.04. The maximum Gasteiger partial charge on any atom is 0.243 e. The van der Waals surface area contributed by atoms with E-state index in [0.717, 1.165) is 11.4 Å². The first-order valence-corrected chi connectivity index (χ1v) is 6.49. The van der Waals surface area contributed by atoms with E-state index < -0.39 is 0 Å². The minimum absolute atomic E-state index is 0.122. The van der Waals surface area contributed by atoms with Crippen LogP contribution in [0.2, 0.25) is 5.02 Å². The Bertz CT molecular complexity index is 588. The highest BCUT2D eigenvalue weighted by molar-refractivity contribution is 6.32. The second-order valence-corrected chi connectivity index (χ2v) is 4.52. The summed E-state index contributed by atoms with van der Waals surface area (Å²) in [5.41, 5.74) is 1.53. The Morgan fingerprint density at radius 2 is 1.90 bits per heavy atom. The van der Waals surface area contributed by atoms with Gasteiger partial charge in [-0.3, -0.25) is 4.79 Å². The maximum absolute atomic E-state index is 11.8. The molecule has 2 rings (SSSR count). The summed E-state index contributed by atoms with van der Waals surface area (Å²) in [6.45, 7) is 0.164. The lowest BCUT2D eigenvalue weighted by Crippen LogP contribution is -2.21. The fourth-order valence-corrected chi connectivity index (χ4v) is 1.94. The van der Waals surface area contributed by atoms with Crippen LogP contribution in [0.25, 0.3) is 0 Å². The molecule has 0 spiro atoms. The summed E-state index contributed by atoms with van der Waals surface area (Å²) in [5.74, 6) is 0.481. The SMILES string of the molecule is COc1ccc(NCC(=O)Nc2ccccc2)cc1Cl. The van der Waals surface area contributed by atoms with E-state index in [2.05, 4.69) is 10.6 Å². The van der Waals surface area contributed by atoms with E-state index in [1.807, 2.05) is 30.3 Å². The molecule has 0 unspecified atom stereocenters. The van der Waals surface area contributed by atoms with E-state index in [0.29, 0.717) is 10.8 Å². The number of carbonyl (C=O) groups is 1. The van der Waals surface area contributed by atoms with Gasteiger partial charge in [-0.15, -0.1) is 0 Å². The number of amides is 1. The van der Waals surface area contributed by atoms with Crippen molar-refractivity contribution < 1.29 is 9.53 Å².